The molecule has 3 aromatic rings. The van der Waals surface area contributed by atoms with E-state index in [9.17, 15) is 14.0 Å². The van der Waals surface area contributed by atoms with Crippen LogP contribution in [-0.4, -0.2) is 25.5 Å². The van der Waals surface area contributed by atoms with Gasteiger partial charge < -0.3 is 19.8 Å². The molecule has 0 spiro atoms. The zero-order valence-electron chi connectivity index (χ0n) is 14.5. The van der Waals surface area contributed by atoms with E-state index in [-0.39, 0.29) is 24.1 Å². The number of halogens is 1. The van der Waals surface area contributed by atoms with Crippen molar-refractivity contribution in [2.24, 2.45) is 0 Å². The topological polar surface area (TPSA) is 80.6 Å². The van der Waals surface area contributed by atoms with Gasteiger partial charge in [0.15, 0.2) is 12.4 Å². The second kappa shape index (κ2) is 8.18. The molecule has 0 fully saturated rings. The first kappa shape index (κ1) is 18.2. The maximum atomic E-state index is 13.0. The van der Waals surface area contributed by atoms with Gasteiger partial charge in [-0.3, -0.25) is 9.59 Å². The van der Waals surface area contributed by atoms with Crippen molar-refractivity contribution in [1.29, 1.82) is 0 Å². The molecule has 1 aromatic heterocycles. The molecule has 0 aliphatic rings. The Labute approximate surface area is 155 Å². The number of carbonyl (C=O) groups excluding carboxylic acids is 2. The third-order valence-electron chi connectivity index (χ3n) is 3.72. The Balaban J connectivity index is 1.62. The molecule has 0 radical (unpaired) electrons. The van der Waals surface area contributed by atoms with Crippen LogP contribution in [0, 0.1) is 5.82 Å². The van der Waals surface area contributed by atoms with E-state index >= 15 is 0 Å². The predicted molar refractivity (Wildman–Crippen MR) is 98.1 cm³/mol. The average molecular weight is 368 g/mol. The van der Waals surface area contributed by atoms with Crippen LogP contribution in [0.15, 0.2) is 65.1 Å². The molecule has 0 aliphatic carbocycles. The Kier molecular flexibility index (Phi) is 5.51. The lowest BCUT2D eigenvalue weighted by atomic mass is 10.2. The average Bonchev–Trinajstić information content (AvgIpc) is 3.18. The van der Waals surface area contributed by atoms with E-state index in [4.69, 9.17) is 9.15 Å². The third-order valence-corrected chi connectivity index (χ3v) is 3.72. The lowest BCUT2D eigenvalue weighted by Gasteiger charge is -2.07. The second-order valence-electron chi connectivity index (χ2n) is 5.61. The summed E-state index contributed by atoms with van der Waals surface area (Å²) >= 11 is 0. The van der Waals surface area contributed by atoms with Crippen molar-refractivity contribution in [2.45, 2.75) is 0 Å². The lowest BCUT2D eigenvalue weighted by Crippen LogP contribution is -2.24. The number of nitrogens with one attached hydrogen (secondary N) is 2. The molecule has 0 atom stereocenters. The van der Waals surface area contributed by atoms with Gasteiger partial charge in [0, 0.05) is 18.3 Å². The molecule has 2 amide bonds. The van der Waals surface area contributed by atoms with Crippen molar-refractivity contribution in [1.82, 2.24) is 5.32 Å². The molecule has 0 saturated heterocycles. The molecule has 7 heteroatoms. The molecular weight excluding hydrogens is 351 g/mol. The van der Waals surface area contributed by atoms with Gasteiger partial charge in [0.2, 0.25) is 0 Å². The van der Waals surface area contributed by atoms with Crippen molar-refractivity contribution in [3.63, 3.8) is 0 Å². The van der Waals surface area contributed by atoms with Crippen LogP contribution in [0.25, 0.3) is 11.3 Å². The van der Waals surface area contributed by atoms with Crippen molar-refractivity contribution >= 4 is 17.5 Å². The van der Waals surface area contributed by atoms with E-state index < -0.39 is 5.91 Å². The fourth-order valence-corrected chi connectivity index (χ4v) is 2.28. The quantitative estimate of drug-likeness (QED) is 0.698. The molecule has 0 bridgehead atoms. The Hall–Kier alpha value is -3.61. The van der Waals surface area contributed by atoms with E-state index in [0.717, 1.165) is 0 Å². The molecule has 0 aliphatic heterocycles. The Bertz CT molecular complexity index is 933. The van der Waals surface area contributed by atoms with E-state index in [1.807, 2.05) is 0 Å². The van der Waals surface area contributed by atoms with E-state index in [1.165, 1.54) is 19.2 Å². The summed E-state index contributed by atoms with van der Waals surface area (Å²) in [6.45, 7) is -0.0826. The monoisotopic (exact) mass is 368 g/mol. The van der Waals surface area contributed by atoms with Crippen molar-refractivity contribution in [3.05, 3.63) is 72.2 Å². The standard InChI is InChI=1S/C20H17FN2O4/c1-22-19(24)12-26-16-8-6-15(7-9-16)23-20(25)18-11-10-17(27-18)13-2-4-14(21)5-3-13/h2-11H,12H2,1H3,(H,22,24)(H,23,25). The Morgan fingerprint density at radius 1 is 1.00 bits per heavy atom. The number of ether oxygens (including phenoxy) is 1. The number of likely N-dealkylation sites (N-methyl/N-ethyl adjacent to an activating group) is 1. The summed E-state index contributed by atoms with van der Waals surface area (Å²) in [5.41, 5.74) is 1.22. The van der Waals surface area contributed by atoms with Gasteiger partial charge in [-0.2, -0.15) is 0 Å². The van der Waals surface area contributed by atoms with Gasteiger partial charge >= 0.3 is 0 Å². The molecule has 1 heterocycles. The smallest absolute Gasteiger partial charge is 0.291 e. The van der Waals surface area contributed by atoms with Gasteiger partial charge in [-0.15, -0.1) is 0 Å². The van der Waals surface area contributed by atoms with E-state index in [2.05, 4.69) is 10.6 Å². The highest BCUT2D eigenvalue weighted by Gasteiger charge is 2.13. The zero-order chi connectivity index (χ0) is 19.2. The predicted octanol–water partition coefficient (Wildman–Crippen LogP) is 3.46. The van der Waals surface area contributed by atoms with Crippen LogP contribution in [0.4, 0.5) is 10.1 Å². The fraction of sp³-hybridized carbons (Fsp3) is 0.100. The molecule has 2 N–H and O–H groups in total. The minimum Gasteiger partial charge on any atom is -0.484 e. The van der Waals surface area contributed by atoms with Gasteiger partial charge in [0.1, 0.15) is 17.3 Å². The summed E-state index contributed by atoms with van der Waals surface area (Å²) in [4.78, 5) is 23.5. The highest BCUT2D eigenvalue weighted by Crippen LogP contribution is 2.23. The molecule has 6 nitrogen and oxygen atoms in total. The number of amides is 2. The van der Waals surface area contributed by atoms with Gasteiger partial charge in [-0.05, 0) is 60.7 Å². The van der Waals surface area contributed by atoms with Crippen LogP contribution in [0.1, 0.15) is 10.6 Å². The van der Waals surface area contributed by atoms with Crippen molar-refractivity contribution < 1.29 is 23.1 Å². The highest BCUT2D eigenvalue weighted by atomic mass is 19.1. The van der Waals surface area contributed by atoms with Crippen LogP contribution in [0.3, 0.4) is 0 Å². The van der Waals surface area contributed by atoms with Crippen LogP contribution >= 0.6 is 0 Å². The molecule has 0 saturated carbocycles. The first-order chi connectivity index (χ1) is 13.0. The van der Waals surface area contributed by atoms with E-state index in [1.54, 1.807) is 48.5 Å². The number of anilines is 1. The van der Waals surface area contributed by atoms with Crippen molar-refractivity contribution in [3.8, 4) is 17.1 Å². The van der Waals surface area contributed by atoms with Gasteiger partial charge in [-0.1, -0.05) is 0 Å². The summed E-state index contributed by atoms with van der Waals surface area (Å²) in [6, 6.07) is 15.6. The number of hydrogen-bond acceptors (Lipinski definition) is 4. The summed E-state index contributed by atoms with van der Waals surface area (Å²) in [6.07, 6.45) is 0. The summed E-state index contributed by atoms with van der Waals surface area (Å²) in [5.74, 6) is 0.121. The van der Waals surface area contributed by atoms with Crippen LogP contribution in [0.2, 0.25) is 0 Å². The Morgan fingerprint density at radius 2 is 1.70 bits per heavy atom. The third kappa shape index (κ3) is 4.72. The van der Waals surface area contributed by atoms with Crippen LogP contribution in [-0.2, 0) is 4.79 Å². The number of hydrogen-bond donors (Lipinski definition) is 2. The van der Waals surface area contributed by atoms with Crippen LogP contribution < -0.4 is 15.4 Å². The minimum atomic E-state index is -0.414. The molecule has 138 valence electrons. The first-order valence-electron chi connectivity index (χ1n) is 8.16. The van der Waals surface area contributed by atoms with Gasteiger partial charge in [0.25, 0.3) is 11.8 Å². The molecule has 0 unspecified atom stereocenters. The summed E-state index contributed by atoms with van der Waals surface area (Å²) < 4.78 is 23.8. The van der Waals surface area contributed by atoms with Gasteiger partial charge in [-0.25, -0.2) is 4.39 Å². The van der Waals surface area contributed by atoms with E-state index in [0.29, 0.717) is 22.8 Å². The van der Waals surface area contributed by atoms with Crippen LogP contribution in [0.5, 0.6) is 5.75 Å². The fourth-order valence-electron chi connectivity index (χ4n) is 2.28. The minimum absolute atomic E-state index is 0.0826. The summed E-state index contributed by atoms with van der Waals surface area (Å²) in [5, 5.41) is 5.17. The first-order valence-corrected chi connectivity index (χ1v) is 8.16. The molecule has 2 aromatic carbocycles. The maximum absolute atomic E-state index is 13.0. The number of benzene rings is 2. The summed E-state index contributed by atoms with van der Waals surface area (Å²) in [7, 11) is 1.53. The SMILES string of the molecule is CNC(=O)COc1ccc(NC(=O)c2ccc(-c3ccc(F)cc3)o2)cc1. The number of furan rings is 1. The molecule has 3 rings (SSSR count). The largest absolute Gasteiger partial charge is 0.484 e. The molecule has 27 heavy (non-hydrogen) atoms. The number of carbonyl (C=O) groups is 2. The van der Waals surface area contributed by atoms with Crippen molar-refractivity contribution in [2.75, 3.05) is 19.0 Å². The maximum Gasteiger partial charge on any atom is 0.291 e. The second-order valence-corrected chi connectivity index (χ2v) is 5.61. The zero-order valence-corrected chi connectivity index (χ0v) is 14.5. The highest BCUT2D eigenvalue weighted by molar-refractivity contribution is 6.02. The van der Waals surface area contributed by atoms with Gasteiger partial charge in [0.05, 0.1) is 0 Å². The Morgan fingerprint density at radius 3 is 2.37 bits per heavy atom. The number of rotatable bonds is 6. The molecular formula is C20H17FN2O4. The normalized spacial score (nSPS) is 10.3. The lowest BCUT2D eigenvalue weighted by molar-refractivity contribution is -0.122.